The molecule has 3 nitrogen and oxygen atoms in total. The maximum Gasteiger partial charge on any atom is 0.141 e. The van der Waals surface area contributed by atoms with Crippen molar-refractivity contribution in [2.75, 3.05) is 20.3 Å². The third-order valence-electron chi connectivity index (χ3n) is 3.41. The highest BCUT2D eigenvalue weighted by Gasteiger charge is 2.25. The number of hydrogen-bond donors (Lipinski definition) is 1. The number of hydrogen-bond acceptors (Lipinski definition) is 3. The molecule has 1 aliphatic rings. The smallest absolute Gasteiger partial charge is 0.141 e. The Morgan fingerprint density at radius 1 is 1.44 bits per heavy atom. The number of ether oxygens (including phenoxy) is 2. The molecule has 2 N–H and O–H groups in total. The second kappa shape index (κ2) is 5.99. The monoisotopic (exact) mass is 317 g/mol. The Morgan fingerprint density at radius 2 is 2.11 bits per heavy atom. The molecule has 2 rings (SSSR count). The zero-order valence-electron chi connectivity index (χ0n) is 10.3. The molecule has 1 aliphatic heterocycles. The van der Waals surface area contributed by atoms with Crippen LogP contribution in [-0.2, 0) is 4.74 Å². The number of halogens is 2. The van der Waals surface area contributed by atoms with Crippen molar-refractivity contribution in [2.45, 2.75) is 18.9 Å². The van der Waals surface area contributed by atoms with E-state index in [1.165, 1.54) is 13.2 Å². The lowest BCUT2D eigenvalue weighted by atomic mass is 9.87. The fourth-order valence-electron chi connectivity index (χ4n) is 2.31. The van der Waals surface area contributed by atoms with Crippen molar-refractivity contribution in [3.8, 4) is 5.75 Å². The molecule has 100 valence electrons. The number of methoxy groups -OCH3 is 1. The van der Waals surface area contributed by atoms with E-state index in [0.29, 0.717) is 16.1 Å². The Hall–Kier alpha value is -0.650. The molecule has 1 saturated heterocycles. The van der Waals surface area contributed by atoms with Crippen LogP contribution in [0, 0.1) is 11.7 Å². The normalized spacial score (nSPS) is 18.7. The highest BCUT2D eigenvalue weighted by atomic mass is 79.9. The molecule has 18 heavy (non-hydrogen) atoms. The van der Waals surface area contributed by atoms with Gasteiger partial charge >= 0.3 is 0 Å². The van der Waals surface area contributed by atoms with Crippen molar-refractivity contribution in [3.63, 3.8) is 0 Å². The summed E-state index contributed by atoms with van der Waals surface area (Å²) in [5.74, 6) is 0.523. The summed E-state index contributed by atoms with van der Waals surface area (Å²) in [6.45, 7) is 1.48. The Balaban J connectivity index is 2.27. The van der Waals surface area contributed by atoms with Crippen molar-refractivity contribution in [1.82, 2.24) is 0 Å². The van der Waals surface area contributed by atoms with Crippen molar-refractivity contribution < 1.29 is 13.9 Å². The van der Waals surface area contributed by atoms with E-state index in [4.69, 9.17) is 15.2 Å². The summed E-state index contributed by atoms with van der Waals surface area (Å²) < 4.78 is 24.4. The van der Waals surface area contributed by atoms with Gasteiger partial charge in [-0.05, 0) is 40.8 Å². The second-order valence-electron chi connectivity index (χ2n) is 4.48. The minimum atomic E-state index is -0.338. The molecule has 1 atom stereocenters. The summed E-state index contributed by atoms with van der Waals surface area (Å²) in [6.07, 6.45) is 1.86. The van der Waals surface area contributed by atoms with E-state index < -0.39 is 0 Å². The highest BCUT2D eigenvalue weighted by molar-refractivity contribution is 9.10. The van der Waals surface area contributed by atoms with E-state index in [1.807, 2.05) is 0 Å². The number of nitrogens with two attached hydrogens (primary N) is 1. The first-order valence-corrected chi connectivity index (χ1v) is 6.79. The van der Waals surface area contributed by atoms with E-state index in [2.05, 4.69) is 15.9 Å². The molecule has 0 aliphatic carbocycles. The van der Waals surface area contributed by atoms with E-state index >= 15 is 0 Å². The Bertz CT molecular complexity index is 422. The summed E-state index contributed by atoms with van der Waals surface area (Å²) in [5.41, 5.74) is 7.13. The quantitative estimate of drug-likeness (QED) is 0.932. The molecule has 5 heteroatoms. The van der Waals surface area contributed by atoms with Crippen molar-refractivity contribution in [1.29, 1.82) is 0 Å². The lowest BCUT2D eigenvalue weighted by Crippen LogP contribution is -2.27. The topological polar surface area (TPSA) is 44.5 Å². The van der Waals surface area contributed by atoms with Crippen LogP contribution in [0.4, 0.5) is 4.39 Å². The Kier molecular flexibility index (Phi) is 4.59. The maximum absolute atomic E-state index is 13.5. The van der Waals surface area contributed by atoms with Crippen LogP contribution in [0.5, 0.6) is 5.75 Å². The first-order valence-electron chi connectivity index (χ1n) is 5.99. The third-order valence-corrected chi connectivity index (χ3v) is 4.01. The average Bonchev–Trinajstić information content (AvgIpc) is 2.41. The van der Waals surface area contributed by atoms with Crippen LogP contribution in [0.1, 0.15) is 24.4 Å². The Labute approximate surface area is 115 Å². The maximum atomic E-state index is 13.5. The largest absolute Gasteiger partial charge is 0.496 e. The molecule has 0 saturated carbocycles. The molecule has 0 amide bonds. The predicted molar refractivity (Wildman–Crippen MR) is 71.1 cm³/mol. The molecule has 1 fully saturated rings. The minimum absolute atomic E-state index is 0.152. The zero-order valence-corrected chi connectivity index (χ0v) is 11.9. The van der Waals surface area contributed by atoms with Gasteiger partial charge in [-0.15, -0.1) is 0 Å². The van der Waals surface area contributed by atoms with Crippen LogP contribution in [-0.4, -0.2) is 20.3 Å². The summed E-state index contributed by atoms with van der Waals surface area (Å²) in [5, 5.41) is 0. The molecule has 0 radical (unpaired) electrons. The zero-order chi connectivity index (χ0) is 13.1. The van der Waals surface area contributed by atoms with Gasteiger partial charge in [0.25, 0.3) is 0 Å². The van der Waals surface area contributed by atoms with Gasteiger partial charge in [-0.1, -0.05) is 0 Å². The molecule has 1 aromatic carbocycles. The van der Waals surface area contributed by atoms with Crippen LogP contribution in [0.15, 0.2) is 16.6 Å². The van der Waals surface area contributed by atoms with E-state index in [-0.39, 0.29) is 11.9 Å². The fourth-order valence-corrected chi connectivity index (χ4v) is 2.67. The average molecular weight is 318 g/mol. The van der Waals surface area contributed by atoms with Gasteiger partial charge in [0.15, 0.2) is 0 Å². The standard InChI is InChI=1S/C13H17BrFNO2/c1-17-12-7-11(15)10(14)6-9(12)13(16)8-2-4-18-5-3-8/h6-8,13H,2-5,16H2,1H3. The first kappa shape index (κ1) is 13.8. The molecule has 0 spiro atoms. The van der Waals surface area contributed by atoms with Crippen molar-refractivity contribution in [2.24, 2.45) is 11.7 Å². The molecule has 1 aromatic rings. The summed E-state index contributed by atoms with van der Waals surface area (Å²) in [7, 11) is 1.53. The van der Waals surface area contributed by atoms with Gasteiger partial charge in [0.1, 0.15) is 11.6 Å². The van der Waals surface area contributed by atoms with Crippen LogP contribution in [0.25, 0.3) is 0 Å². The molecule has 1 heterocycles. The molecule has 1 unspecified atom stereocenters. The van der Waals surface area contributed by atoms with E-state index in [9.17, 15) is 4.39 Å². The fraction of sp³-hybridized carbons (Fsp3) is 0.538. The summed E-state index contributed by atoms with van der Waals surface area (Å²) in [4.78, 5) is 0. The highest BCUT2D eigenvalue weighted by Crippen LogP contribution is 2.36. The minimum Gasteiger partial charge on any atom is -0.496 e. The van der Waals surface area contributed by atoms with Crippen molar-refractivity contribution >= 4 is 15.9 Å². The number of rotatable bonds is 3. The van der Waals surface area contributed by atoms with Crippen LogP contribution in [0.3, 0.4) is 0 Å². The van der Waals surface area contributed by atoms with Gasteiger partial charge in [0.05, 0.1) is 11.6 Å². The van der Waals surface area contributed by atoms with E-state index in [1.54, 1.807) is 6.07 Å². The molecular formula is C13H17BrFNO2. The lowest BCUT2D eigenvalue weighted by molar-refractivity contribution is 0.0581. The molecular weight excluding hydrogens is 301 g/mol. The second-order valence-corrected chi connectivity index (χ2v) is 5.34. The summed E-state index contributed by atoms with van der Waals surface area (Å²) >= 11 is 3.19. The SMILES string of the molecule is COc1cc(F)c(Br)cc1C(N)C1CCOCC1. The van der Waals surface area contributed by atoms with Gasteiger partial charge in [0.2, 0.25) is 0 Å². The number of benzene rings is 1. The van der Waals surface area contributed by atoms with Crippen LogP contribution in [0.2, 0.25) is 0 Å². The van der Waals surface area contributed by atoms with Gasteiger partial charge in [-0.25, -0.2) is 4.39 Å². The Morgan fingerprint density at radius 3 is 2.72 bits per heavy atom. The third kappa shape index (κ3) is 2.84. The lowest BCUT2D eigenvalue weighted by Gasteiger charge is -2.28. The molecule has 0 aromatic heterocycles. The van der Waals surface area contributed by atoms with Crippen molar-refractivity contribution in [3.05, 3.63) is 28.0 Å². The van der Waals surface area contributed by atoms with Gasteiger partial charge in [-0.3, -0.25) is 0 Å². The predicted octanol–water partition coefficient (Wildman–Crippen LogP) is 3.02. The van der Waals surface area contributed by atoms with Crippen LogP contribution < -0.4 is 10.5 Å². The van der Waals surface area contributed by atoms with E-state index in [0.717, 1.165) is 31.6 Å². The van der Waals surface area contributed by atoms with Gasteiger partial charge < -0.3 is 15.2 Å². The molecule has 0 bridgehead atoms. The first-order chi connectivity index (χ1) is 8.63. The van der Waals surface area contributed by atoms with Gasteiger partial charge in [0, 0.05) is 30.9 Å². The summed E-state index contributed by atoms with van der Waals surface area (Å²) in [6, 6.07) is 2.94. The van der Waals surface area contributed by atoms with Crippen LogP contribution >= 0.6 is 15.9 Å². The van der Waals surface area contributed by atoms with Gasteiger partial charge in [-0.2, -0.15) is 0 Å².